The van der Waals surface area contributed by atoms with Crippen molar-refractivity contribution in [3.05, 3.63) is 51.3 Å². The number of benzene rings is 1. The minimum atomic E-state index is -0.0248. The Morgan fingerprint density at radius 2 is 1.72 bits per heavy atom. The third-order valence-corrected chi connectivity index (χ3v) is 7.36. The first-order valence-electron chi connectivity index (χ1n) is 10.9. The first-order chi connectivity index (χ1) is 15.2. The van der Waals surface area contributed by atoms with E-state index in [1.807, 2.05) is 57.7 Å². The van der Waals surface area contributed by atoms with Gasteiger partial charge in [-0.15, -0.1) is 11.3 Å². The Morgan fingerprint density at radius 1 is 1.00 bits per heavy atom. The molecule has 3 heterocycles. The minimum Gasteiger partial charge on any atom is -0.335 e. The molecule has 168 valence electrons. The summed E-state index contributed by atoms with van der Waals surface area (Å²) in [5.41, 5.74) is 4.98. The normalized spacial score (nSPS) is 14.7. The van der Waals surface area contributed by atoms with Gasteiger partial charge in [-0.1, -0.05) is 12.1 Å². The van der Waals surface area contributed by atoms with E-state index in [-0.39, 0.29) is 11.8 Å². The number of thiophene rings is 1. The SMILES string of the molecule is Cc1nc(C)c2c(C)c(C(=O)N3CCN(CC(=O)Nc4cccc(C)c4C)CC3)sc2n1. The zero-order valence-corrected chi connectivity index (χ0v) is 20.1. The number of hydrogen-bond donors (Lipinski definition) is 1. The summed E-state index contributed by atoms with van der Waals surface area (Å²) in [6.07, 6.45) is 0. The zero-order valence-electron chi connectivity index (χ0n) is 19.3. The maximum absolute atomic E-state index is 13.2. The molecule has 1 fully saturated rings. The molecule has 2 aromatic heterocycles. The van der Waals surface area contributed by atoms with E-state index in [1.165, 1.54) is 11.3 Å². The molecule has 0 unspecified atom stereocenters. The molecule has 0 spiro atoms. The molecule has 1 aliphatic heterocycles. The molecular formula is C24H29N5O2S. The Hall–Kier alpha value is -2.84. The standard InChI is InChI=1S/C24H29N5O2S/c1-14-7-6-8-19(15(14)2)27-20(30)13-28-9-11-29(12-10-28)24(31)22-16(3)21-17(4)25-18(5)26-23(21)32-22/h6-8H,9-13H2,1-5H3,(H,27,30). The molecule has 32 heavy (non-hydrogen) atoms. The topological polar surface area (TPSA) is 78.4 Å². The summed E-state index contributed by atoms with van der Waals surface area (Å²) in [5.74, 6) is 0.744. The summed E-state index contributed by atoms with van der Waals surface area (Å²) < 4.78 is 0. The Morgan fingerprint density at radius 3 is 2.44 bits per heavy atom. The molecule has 0 atom stereocenters. The van der Waals surface area contributed by atoms with Crippen LogP contribution in [0.3, 0.4) is 0 Å². The number of nitrogens with zero attached hydrogens (tertiary/aromatic N) is 4. The number of amides is 2. The number of fused-ring (bicyclic) bond motifs is 1. The van der Waals surface area contributed by atoms with Crippen LogP contribution in [0.5, 0.6) is 0 Å². The molecule has 0 radical (unpaired) electrons. The summed E-state index contributed by atoms with van der Waals surface area (Å²) in [5, 5.41) is 4.01. The fourth-order valence-corrected chi connectivity index (χ4v) is 5.46. The number of hydrogen-bond acceptors (Lipinski definition) is 6. The molecule has 4 rings (SSSR count). The minimum absolute atomic E-state index is 0.0248. The first-order valence-corrected chi connectivity index (χ1v) is 11.7. The van der Waals surface area contributed by atoms with Crippen LogP contribution >= 0.6 is 11.3 Å². The van der Waals surface area contributed by atoms with Gasteiger partial charge in [-0.05, 0) is 57.4 Å². The van der Waals surface area contributed by atoms with E-state index in [4.69, 9.17) is 0 Å². The molecule has 1 saturated heterocycles. The fraction of sp³-hybridized carbons (Fsp3) is 0.417. The van der Waals surface area contributed by atoms with Crippen molar-refractivity contribution in [2.45, 2.75) is 34.6 Å². The van der Waals surface area contributed by atoms with Gasteiger partial charge in [-0.25, -0.2) is 9.97 Å². The van der Waals surface area contributed by atoms with E-state index in [0.29, 0.717) is 32.7 Å². The summed E-state index contributed by atoms with van der Waals surface area (Å²) in [4.78, 5) is 40.3. The zero-order chi connectivity index (χ0) is 23.0. The average Bonchev–Trinajstić information content (AvgIpc) is 3.07. The Balaban J connectivity index is 1.37. The lowest BCUT2D eigenvalue weighted by molar-refractivity contribution is -0.117. The molecule has 8 heteroatoms. The molecule has 0 aliphatic carbocycles. The molecule has 7 nitrogen and oxygen atoms in total. The summed E-state index contributed by atoms with van der Waals surface area (Å²) in [7, 11) is 0. The molecule has 2 amide bonds. The lowest BCUT2D eigenvalue weighted by Gasteiger charge is -2.34. The summed E-state index contributed by atoms with van der Waals surface area (Å²) >= 11 is 1.45. The average molecular weight is 452 g/mol. The molecule has 1 aliphatic rings. The number of carbonyl (C=O) groups excluding carboxylic acids is 2. The number of rotatable bonds is 4. The van der Waals surface area contributed by atoms with Crippen LogP contribution in [0, 0.1) is 34.6 Å². The monoisotopic (exact) mass is 451 g/mol. The number of carbonyl (C=O) groups is 2. The largest absolute Gasteiger partial charge is 0.335 e. The van der Waals surface area contributed by atoms with Crippen molar-refractivity contribution in [2.75, 3.05) is 38.0 Å². The molecule has 1 N–H and O–H groups in total. The van der Waals surface area contributed by atoms with Crippen LogP contribution in [0.2, 0.25) is 0 Å². The maximum atomic E-state index is 13.2. The second kappa shape index (κ2) is 8.96. The molecule has 0 saturated carbocycles. The van der Waals surface area contributed by atoms with Gasteiger partial charge >= 0.3 is 0 Å². The van der Waals surface area contributed by atoms with Gasteiger partial charge in [0, 0.05) is 42.9 Å². The summed E-state index contributed by atoms with van der Waals surface area (Å²) in [6.45, 7) is 12.7. The van der Waals surface area contributed by atoms with Crippen molar-refractivity contribution in [3.63, 3.8) is 0 Å². The van der Waals surface area contributed by atoms with E-state index in [1.54, 1.807) is 0 Å². The van der Waals surface area contributed by atoms with E-state index >= 15 is 0 Å². The molecule has 1 aromatic carbocycles. The van der Waals surface area contributed by atoms with E-state index in [2.05, 4.69) is 20.2 Å². The number of anilines is 1. The van der Waals surface area contributed by atoms with Crippen LogP contribution in [0.1, 0.15) is 37.9 Å². The van der Waals surface area contributed by atoms with Crippen molar-refractivity contribution < 1.29 is 9.59 Å². The number of aryl methyl sites for hydroxylation is 4. The van der Waals surface area contributed by atoms with Crippen molar-refractivity contribution in [2.24, 2.45) is 0 Å². The maximum Gasteiger partial charge on any atom is 0.264 e. The van der Waals surface area contributed by atoms with Gasteiger partial charge in [0.05, 0.1) is 11.4 Å². The highest BCUT2D eigenvalue weighted by Gasteiger charge is 2.27. The molecule has 0 bridgehead atoms. The van der Waals surface area contributed by atoms with Gasteiger partial charge in [0.25, 0.3) is 5.91 Å². The van der Waals surface area contributed by atoms with E-state index in [0.717, 1.165) is 49.0 Å². The third-order valence-electron chi connectivity index (χ3n) is 6.18. The van der Waals surface area contributed by atoms with Crippen LogP contribution in [0.4, 0.5) is 5.69 Å². The van der Waals surface area contributed by atoms with E-state index in [9.17, 15) is 9.59 Å². The molecule has 3 aromatic rings. The fourth-order valence-electron chi connectivity index (χ4n) is 4.21. The van der Waals surface area contributed by atoms with E-state index < -0.39 is 0 Å². The number of nitrogens with one attached hydrogen (secondary N) is 1. The quantitative estimate of drug-likeness (QED) is 0.655. The highest BCUT2D eigenvalue weighted by atomic mass is 32.1. The van der Waals surface area contributed by atoms with Gasteiger partial charge in [0.1, 0.15) is 10.7 Å². The second-order valence-corrected chi connectivity index (χ2v) is 9.46. The number of aromatic nitrogens is 2. The van der Waals surface area contributed by atoms with Crippen molar-refractivity contribution in [1.82, 2.24) is 19.8 Å². The smallest absolute Gasteiger partial charge is 0.264 e. The summed E-state index contributed by atoms with van der Waals surface area (Å²) in [6, 6.07) is 5.92. The van der Waals surface area contributed by atoms with Gasteiger partial charge in [0.2, 0.25) is 5.91 Å². The predicted molar refractivity (Wildman–Crippen MR) is 129 cm³/mol. The van der Waals surface area contributed by atoms with Crippen LogP contribution < -0.4 is 5.32 Å². The van der Waals surface area contributed by atoms with Gasteiger partial charge < -0.3 is 10.2 Å². The number of piperazine rings is 1. The molecular weight excluding hydrogens is 422 g/mol. The Labute approximate surface area is 192 Å². The second-order valence-electron chi connectivity index (χ2n) is 8.46. The predicted octanol–water partition coefficient (Wildman–Crippen LogP) is 3.63. The van der Waals surface area contributed by atoms with Crippen molar-refractivity contribution in [3.8, 4) is 0 Å². The Bertz CT molecular complexity index is 1190. The van der Waals surface area contributed by atoms with Gasteiger partial charge in [-0.3, -0.25) is 14.5 Å². The first kappa shape index (κ1) is 22.4. The van der Waals surface area contributed by atoms with Crippen molar-refractivity contribution in [1.29, 1.82) is 0 Å². The Kier molecular flexibility index (Phi) is 6.26. The highest BCUT2D eigenvalue weighted by molar-refractivity contribution is 7.20. The van der Waals surface area contributed by atoms with Crippen LogP contribution in [0.15, 0.2) is 18.2 Å². The van der Waals surface area contributed by atoms with Gasteiger partial charge in [0.15, 0.2) is 0 Å². The van der Waals surface area contributed by atoms with Crippen LogP contribution in [-0.2, 0) is 4.79 Å². The lowest BCUT2D eigenvalue weighted by Crippen LogP contribution is -2.50. The van der Waals surface area contributed by atoms with Crippen LogP contribution in [0.25, 0.3) is 10.2 Å². The van der Waals surface area contributed by atoms with Gasteiger partial charge in [-0.2, -0.15) is 0 Å². The third kappa shape index (κ3) is 4.38. The van der Waals surface area contributed by atoms with Crippen LogP contribution in [-0.4, -0.2) is 64.3 Å². The van der Waals surface area contributed by atoms with Crippen molar-refractivity contribution >= 4 is 39.1 Å². The highest BCUT2D eigenvalue weighted by Crippen LogP contribution is 2.32. The lowest BCUT2D eigenvalue weighted by atomic mass is 10.1.